The van der Waals surface area contributed by atoms with Crippen LogP contribution in [-0.4, -0.2) is 29.3 Å². The molecular formula is C14H19NO3. The summed E-state index contributed by atoms with van der Waals surface area (Å²) < 4.78 is 0. The van der Waals surface area contributed by atoms with Gasteiger partial charge in [-0.2, -0.15) is 0 Å². The topological polar surface area (TPSA) is 69.6 Å². The minimum atomic E-state index is -0.894. The smallest absolute Gasteiger partial charge is 0.335 e. The SMILES string of the molecule is O=C(O)c1ccc(CNCC2(CCO)CC2)cc1. The Kier molecular flexibility index (Phi) is 3.99. The van der Waals surface area contributed by atoms with E-state index in [-0.39, 0.29) is 6.61 Å². The third kappa shape index (κ3) is 3.31. The summed E-state index contributed by atoms with van der Waals surface area (Å²) in [6.07, 6.45) is 3.26. The van der Waals surface area contributed by atoms with Crippen molar-refractivity contribution < 1.29 is 15.0 Å². The summed E-state index contributed by atoms with van der Waals surface area (Å²) in [5.74, 6) is -0.894. The first kappa shape index (κ1) is 13.1. The average Bonchev–Trinajstić information content (AvgIpc) is 3.10. The number of benzene rings is 1. The van der Waals surface area contributed by atoms with Crippen molar-refractivity contribution in [1.29, 1.82) is 0 Å². The van der Waals surface area contributed by atoms with Gasteiger partial charge >= 0.3 is 5.97 Å². The zero-order valence-corrected chi connectivity index (χ0v) is 10.4. The first-order valence-electron chi connectivity index (χ1n) is 6.29. The van der Waals surface area contributed by atoms with Crippen LogP contribution in [0.5, 0.6) is 0 Å². The van der Waals surface area contributed by atoms with Gasteiger partial charge in [-0.25, -0.2) is 4.79 Å². The van der Waals surface area contributed by atoms with Crippen LogP contribution in [0.15, 0.2) is 24.3 Å². The Balaban J connectivity index is 1.78. The second-order valence-corrected chi connectivity index (χ2v) is 5.08. The van der Waals surface area contributed by atoms with Crippen LogP contribution in [0.1, 0.15) is 35.2 Å². The maximum Gasteiger partial charge on any atom is 0.335 e. The van der Waals surface area contributed by atoms with E-state index in [2.05, 4.69) is 5.32 Å². The van der Waals surface area contributed by atoms with Gasteiger partial charge in [-0.3, -0.25) is 0 Å². The van der Waals surface area contributed by atoms with E-state index >= 15 is 0 Å². The molecule has 1 aromatic rings. The minimum absolute atomic E-state index is 0.259. The van der Waals surface area contributed by atoms with Crippen molar-refractivity contribution in [1.82, 2.24) is 5.32 Å². The molecule has 98 valence electrons. The Labute approximate surface area is 107 Å². The van der Waals surface area contributed by atoms with E-state index in [1.807, 2.05) is 12.1 Å². The number of hydrogen-bond acceptors (Lipinski definition) is 3. The van der Waals surface area contributed by atoms with E-state index in [1.54, 1.807) is 12.1 Å². The normalized spacial score (nSPS) is 16.5. The molecular weight excluding hydrogens is 230 g/mol. The number of nitrogens with one attached hydrogen (secondary N) is 1. The number of aliphatic hydroxyl groups is 1. The Morgan fingerprint density at radius 2 is 1.94 bits per heavy atom. The zero-order valence-electron chi connectivity index (χ0n) is 10.4. The molecule has 4 heteroatoms. The van der Waals surface area contributed by atoms with E-state index in [1.165, 1.54) is 12.8 Å². The van der Waals surface area contributed by atoms with E-state index < -0.39 is 5.97 Å². The number of rotatable bonds is 7. The van der Waals surface area contributed by atoms with Gasteiger partial charge in [0.15, 0.2) is 0 Å². The molecule has 0 bridgehead atoms. The van der Waals surface area contributed by atoms with Crippen molar-refractivity contribution in [2.24, 2.45) is 5.41 Å². The van der Waals surface area contributed by atoms with E-state index in [0.717, 1.165) is 25.1 Å². The highest BCUT2D eigenvalue weighted by Gasteiger charge is 2.41. The fraction of sp³-hybridized carbons (Fsp3) is 0.500. The molecule has 0 spiro atoms. The lowest BCUT2D eigenvalue weighted by atomic mass is 10.0. The van der Waals surface area contributed by atoms with Crippen LogP contribution in [-0.2, 0) is 6.54 Å². The lowest BCUT2D eigenvalue weighted by molar-refractivity contribution is 0.0697. The van der Waals surface area contributed by atoms with Gasteiger partial charge in [0.25, 0.3) is 0 Å². The molecule has 1 saturated carbocycles. The minimum Gasteiger partial charge on any atom is -0.478 e. The molecule has 2 rings (SSSR count). The van der Waals surface area contributed by atoms with Gasteiger partial charge in [0, 0.05) is 19.7 Å². The highest BCUT2D eigenvalue weighted by atomic mass is 16.4. The molecule has 18 heavy (non-hydrogen) atoms. The van der Waals surface area contributed by atoms with Crippen LogP contribution in [0.25, 0.3) is 0 Å². The van der Waals surface area contributed by atoms with Crippen LogP contribution in [0.4, 0.5) is 0 Å². The molecule has 1 aromatic carbocycles. The fourth-order valence-corrected chi connectivity index (χ4v) is 2.17. The number of carboxylic acid groups (broad SMARTS) is 1. The van der Waals surface area contributed by atoms with Crippen LogP contribution in [0, 0.1) is 5.41 Å². The number of aliphatic hydroxyl groups excluding tert-OH is 1. The van der Waals surface area contributed by atoms with Crippen molar-refractivity contribution in [3.63, 3.8) is 0 Å². The first-order valence-corrected chi connectivity index (χ1v) is 6.29. The number of carboxylic acids is 1. The van der Waals surface area contributed by atoms with E-state index in [4.69, 9.17) is 10.2 Å². The first-order chi connectivity index (χ1) is 8.65. The van der Waals surface area contributed by atoms with Crippen LogP contribution >= 0.6 is 0 Å². The van der Waals surface area contributed by atoms with Crippen molar-refractivity contribution >= 4 is 5.97 Å². The standard InChI is InChI=1S/C14H19NO3/c16-8-7-14(5-6-14)10-15-9-11-1-3-12(4-2-11)13(17)18/h1-4,15-16H,5-10H2,(H,17,18). The largest absolute Gasteiger partial charge is 0.478 e. The molecule has 0 unspecified atom stereocenters. The molecule has 0 heterocycles. The van der Waals surface area contributed by atoms with Gasteiger partial charge in [0.1, 0.15) is 0 Å². The van der Waals surface area contributed by atoms with Crippen LogP contribution in [0.2, 0.25) is 0 Å². The molecule has 4 nitrogen and oxygen atoms in total. The summed E-state index contributed by atoms with van der Waals surface area (Å²) in [5, 5.41) is 21.1. The molecule has 3 N–H and O–H groups in total. The second-order valence-electron chi connectivity index (χ2n) is 5.08. The molecule has 0 aromatic heterocycles. The van der Waals surface area contributed by atoms with E-state index in [0.29, 0.717) is 11.0 Å². The lowest BCUT2D eigenvalue weighted by Gasteiger charge is -2.14. The summed E-state index contributed by atoms with van der Waals surface area (Å²) in [7, 11) is 0. The zero-order chi connectivity index (χ0) is 13.0. The van der Waals surface area contributed by atoms with Gasteiger partial charge in [-0.15, -0.1) is 0 Å². The van der Waals surface area contributed by atoms with Gasteiger partial charge in [0.05, 0.1) is 5.56 Å². The number of aromatic carboxylic acids is 1. The van der Waals surface area contributed by atoms with Crippen LogP contribution < -0.4 is 5.32 Å². The third-order valence-electron chi connectivity index (χ3n) is 3.63. The maximum atomic E-state index is 10.7. The molecule has 0 radical (unpaired) electrons. The maximum absolute atomic E-state index is 10.7. The fourth-order valence-electron chi connectivity index (χ4n) is 2.17. The molecule has 0 amide bonds. The van der Waals surface area contributed by atoms with Gasteiger partial charge in [-0.1, -0.05) is 12.1 Å². The quantitative estimate of drug-likeness (QED) is 0.687. The number of carbonyl (C=O) groups is 1. The van der Waals surface area contributed by atoms with Gasteiger partial charge in [-0.05, 0) is 42.4 Å². The monoisotopic (exact) mass is 249 g/mol. The summed E-state index contributed by atoms with van der Waals surface area (Å²) in [5.41, 5.74) is 1.72. The molecule has 1 fully saturated rings. The van der Waals surface area contributed by atoms with E-state index in [9.17, 15) is 4.79 Å². The predicted molar refractivity (Wildman–Crippen MR) is 68.5 cm³/mol. The summed E-state index contributed by atoms with van der Waals surface area (Å²) in [6.45, 7) is 1.93. The Hall–Kier alpha value is -1.39. The average molecular weight is 249 g/mol. The van der Waals surface area contributed by atoms with Gasteiger partial charge in [0.2, 0.25) is 0 Å². The van der Waals surface area contributed by atoms with Crippen LogP contribution in [0.3, 0.4) is 0 Å². The van der Waals surface area contributed by atoms with Crippen molar-refractivity contribution in [2.45, 2.75) is 25.8 Å². The molecule has 0 atom stereocenters. The predicted octanol–water partition coefficient (Wildman–Crippen LogP) is 1.64. The van der Waals surface area contributed by atoms with Gasteiger partial charge < -0.3 is 15.5 Å². The summed E-state index contributed by atoms with van der Waals surface area (Å²) in [6, 6.07) is 6.92. The number of hydrogen-bond donors (Lipinski definition) is 3. The Bertz CT molecular complexity index is 410. The Morgan fingerprint density at radius 3 is 2.44 bits per heavy atom. The highest BCUT2D eigenvalue weighted by Crippen LogP contribution is 2.47. The molecule has 0 aliphatic heterocycles. The van der Waals surface area contributed by atoms with Crippen molar-refractivity contribution in [3.05, 3.63) is 35.4 Å². The molecule has 1 aliphatic carbocycles. The van der Waals surface area contributed by atoms with Crippen molar-refractivity contribution in [3.8, 4) is 0 Å². The Morgan fingerprint density at radius 1 is 1.28 bits per heavy atom. The third-order valence-corrected chi connectivity index (χ3v) is 3.63. The van der Waals surface area contributed by atoms with Crippen molar-refractivity contribution in [2.75, 3.05) is 13.2 Å². The second kappa shape index (κ2) is 5.50. The lowest BCUT2D eigenvalue weighted by Crippen LogP contribution is -2.24. The summed E-state index contributed by atoms with van der Waals surface area (Å²) in [4.78, 5) is 10.7. The highest BCUT2D eigenvalue weighted by molar-refractivity contribution is 5.87. The summed E-state index contributed by atoms with van der Waals surface area (Å²) >= 11 is 0. The molecule has 1 aliphatic rings. The molecule has 0 saturated heterocycles.